The minimum absolute atomic E-state index is 0.103. The van der Waals surface area contributed by atoms with E-state index in [1.807, 2.05) is 0 Å². The molecular weight excluding hydrogens is 221 g/mol. The second-order valence-electron chi connectivity index (χ2n) is 4.22. The minimum Gasteiger partial charge on any atom is -0.370 e. The lowest BCUT2D eigenvalue weighted by molar-refractivity contribution is -0.124. The van der Waals surface area contributed by atoms with E-state index >= 15 is 0 Å². The first kappa shape index (κ1) is 11.6. The number of guanidine groups is 1. The van der Waals surface area contributed by atoms with E-state index < -0.39 is 0 Å². The van der Waals surface area contributed by atoms with Crippen LogP contribution in [-0.2, 0) is 4.79 Å². The van der Waals surface area contributed by atoms with E-state index in [4.69, 9.17) is 11.5 Å². The molecule has 1 aliphatic rings. The number of carbonyl (C=O) groups excluding carboxylic acids is 1. The number of nitrogens with zero attached hydrogens (tertiary/aromatic N) is 1. The first-order valence-electron chi connectivity index (χ1n) is 5.47. The van der Waals surface area contributed by atoms with E-state index in [0.29, 0.717) is 0 Å². The molecule has 2 rings (SSSR count). The van der Waals surface area contributed by atoms with Crippen molar-refractivity contribution in [2.75, 3.05) is 0 Å². The molecule has 0 spiro atoms. The molecule has 2 atom stereocenters. The number of hydrogen-bond donors (Lipinski definition) is 2. The van der Waals surface area contributed by atoms with Crippen LogP contribution in [0.4, 0.5) is 4.39 Å². The molecule has 90 valence electrons. The van der Waals surface area contributed by atoms with E-state index in [0.717, 1.165) is 18.4 Å². The normalized spacial score (nSPS) is 22.6. The average Bonchev–Trinajstić information content (AvgIpc) is 2.18. The number of halogens is 1. The van der Waals surface area contributed by atoms with Crippen molar-refractivity contribution in [3.05, 3.63) is 35.6 Å². The van der Waals surface area contributed by atoms with Crippen molar-refractivity contribution >= 4 is 11.9 Å². The van der Waals surface area contributed by atoms with Crippen molar-refractivity contribution in [3.8, 4) is 0 Å². The topological polar surface area (TPSA) is 81.5 Å². The van der Waals surface area contributed by atoms with Gasteiger partial charge in [-0.2, -0.15) is 4.99 Å². The summed E-state index contributed by atoms with van der Waals surface area (Å²) in [5.74, 6) is -0.848. The Bertz CT molecular complexity index is 451. The third-order valence-corrected chi connectivity index (χ3v) is 3.13. The predicted octanol–water partition coefficient (Wildman–Crippen LogP) is 1.12. The van der Waals surface area contributed by atoms with Crippen LogP contribution < -0.4 is 11.5 Å². The van der Waals surface area contributed by atoms with Crippen molar-refractivity contribution in [2.45, 2.75) is 18.8 Å². The van der Waals surface area contributed by atoms with Crippen molar-refractivity contribution in [1.29, 1.82) is 0 Å². The highest BCUT2D eigenvalue weighted by Gasteiger charge is 2.37. The summed E-state index contributed by atoms with van der Waals surface area (Å²) >= 11 is 0. The average molecular weight is 235 g/mol. The molecular formula is C12H14FN3O. The number of hydrogen-bond acceptors (Lipinski definition) is 1. The van der Waals surface area contributed by atoms with Gasteiger partial charge in [-0.15, -0.1) is 0 Å². The molecule has 1 amide bonds. The molecule has 0 aromatic heterocycles. The summed E-state index contributed by atoms with van der Waals surface area (Å²) in [5, 5.41) is 0. The van der Waals surface area contributed by atoms with Gasteiger partial charge in [0.25, 0.3) is 5.91 Å². The molecule has 5 heteroatoms. The van der Waals surface area contributed by atoms with Crippen LogP contribution in [0, 0.1) is 11.7 Å². The molecule has 17 heavy (non-hydrogen) atoms. The maximum Gasteiger partial charge on any atom is 0.252 e. The molecule has 4 N–H and O–H groups in total. The lowest BCUT2D eigenvalue weighted by Crippen LogP contribution is -2.33. The van der Waals surface area contributed by atoms with Crippen LogP contribution in [0.15, 0.2) is 29.3 Å². The van der Waals surface area contributed by atoms with Crippen molar-refractivity contribution in [2.24, 2.45) is 22.4 Å². The van der Waals surface area contributed by atoms with Gasteiger partial charge in [0.15, 0.2) is 5.96 Å². The summed E-state index contributed by atoms with van der Waals surface area (Å²) in [6.45, 7) is 0. The molecule has 4 nitrogen and oxygen atoms in total. The Morgan fingerprint density at radius 2 is 1.88 bits per heavy atom. The number of benzene rings is 1. The zero-order valence-corrected chi connectivity index (χ0v) is 9.27. The molecule has 1 saturated carbocycles. The summed E-state index contributed by atoms with van der Waals surface area (Å²) in [6.07, 6.45) is 1.68. The van der Waals surface area contributed by atoms with Gasteiger partial charge in [-0.05, 0) is 36.5 Å². The molecule has 1 fully saturated rings. The van der Waals surface area contributed by atoms with Crippen LogP contribution in [0.25, 0.3) is 0 Å². The number of nitrogens with two attached hydrogens (primary N) is 2. The van der Waals surface area contributed by atoms with E-state index in [1.165, 1.54) is 12.1 Å². The van der Waals surface area contributed by atoms with Gasteiger partial charge in [-0.25, -0.2) is 4.39 Å². The van der Waals surface area contributed by atoms with E-state index in [1.54, 1.807) is 12.1 Å². The fraction of sp³-hybridized carbons (Fsp3) is 0.333. The lowest BCUT2D eigenvalue weighted by Gasteiger charge is -2.34. The first-order valence-corrected chi connectivity index (χ1v) is 5.47. The van der Waals surface area contributed by atoms with Crippen LogP contribution in [0.3, 0.4) is 0 Å². The number of amides is 1. The SMILES string of the molecule is NC(N)=NC(=O)[C@H]1CC[C@@H]1c1ccc(F)cc1. The Hall–Kier alpha value is -1.91. The van der Waals surface area contributed by atoms with E-state index in [-0.39, 0.29) is 29.5 Å². The fourth-order valence-corrected chi connectivity index (χ4v) is 2.11. The van der Waals surface area contributed by atoms with Crippen LogP contribution in [0.1, 0.15) is 24.3 Å². The van der Waals surface area contributed by atoms with Gasteiger partial charge in [0, 0.05) is 5.92 Å². The quantitative estimate of drug-likeness (QED) is 0.595. The highest BCUT2D eigenvalue weighted by molar-refractivity contribution is 5.93. The molecule has 0 saturated heterocycles. The summed E-state index contributed by atoms with van der Waals surface area (Å²) in [5.41, 5.74) is 11.3. The van der Waals surface area contributed by atoms with E-state index in [2.05, 4.69) is 4.99 Å². The minimum atomic E-state index is -0.287. The van der Waals surface area contributed by atoms with E-state index in [9.17, 15) is 9.18 Å². The van der Waals surface area contributed by atoms with Gasteiger partial charge in [0.05, 0.1) is 0 Å². The zero-order valence-electron chi connectivity index (χ0n) is 9.27. The lowest BCUT2D eigenvalue weighted by atomic mass is 9.69. The molecule has 0 unspecified atom stereocenters. The van der Waals surface area contributed by atoms with Gasteiger partial charge in [-0.3, -0.25) is 4.79 Å². The third kappa shape index (κ3) is 2.43. The summed E-state index contributed by atoms with van der Waals surface area (Å²) in [4.78, 5) is 15.2. The highest BCUT2D eigenvalue weighted by Crippen LogP contribution is 2.43. The maximum atomic E-state index is 12.8. The molecule has 1 aromatic rings. The Morgan fingerprint density at radius 3 is 2.35 bits per heavy atom. The number of rotatable bonds is 2. The first-order chi connectivity index (χ1) is 8.08. The van der Waals surface area contributed by atoms with Gasteiger partial charge < -0.3 is 11.5 Å². The molecule has 1 aromatic carbocycles. The Labute approximate surface area is 98.5 Å². The second kappa shape index (κ2) is 4.53. The fourth-order valence-electron chi connectivity index (χ4n) is 2.11. The molecule has 1 aliphatic carbocycles. The Morgan fingerprint density at radius 1 is 1.24 bits per heavy atom. The molecule has 0 aliphatic heterocycles. The van der Waals surface area contributed by atoms with Crippen LogP contribution in [0.2, 0.25) is 0 Å². The van der Waals surface area contributed by atoms with Crippen LogP contribution >= 0.6 is 0 Å². The van der Waals surface area contributed by atoms with Crippen molar-refractivity contribution in [3.63, 3.8) is 0 Å². The Kier molecular flexibility index (Phi) is 3.08. The van der Waals surface area contributed by atoms with Crippen molar-refractivity contribution < 1.29 is 9.18 Å². The van der Waals surface area contributed by atoms with Crippen molar-refractivity contribution in [1.82, 2.24) is 0 Å². The largest absolute Gasteiger partial charge is 0.370 e. The second-order valence-corrected chi connectivity index (χ2v) is 4.22. The van der Waals surface area contributed by atoms with Gasteiger partial charge in [0.1, 0.15) is 5.82 Å². The van der Waals surface area contributed by atoms with Crippen LogP contribution in [-0.4, -0.2) is 11.9 Å². The Balaban J connectivity index is 2.11. The molecule has 0 radical (unpaired) electrons. The number of aliphatic imine (C=N–C) groups is 1. The monoisotopic (exact) mass is 235 g/mol. The number of carbonyl (C=O) groups is 1. The maximum absolute atomic E-state index is 12.8. The molecule has 0 heterocycles. The third-order valence-electron chi connectivity index (χ3n) is 3.13. The van der Waals surface area contributed by atoms with Crippen LogP contribution in [0.5, 0.6) is 0 Å². The molecule has 0 bridgehead atoms. The van der Waals surface area contributed by atoms with Gasteiger partial charge in [0.2, 0.25) is 0 Å². The van der Waals surface area contributed by atoms with Gasteiger partial charge >= 0.3 is 0 Å². The standard InChI is InChI=1S/C12H14FN3O/c13-8-3-1-7(2-4-8)9-5-6-10(9)11(17)16-12(14)15/h1-4,9-10H,5-6H2,(H4,14,15,16,17)/t9-,10+/m1/s1. The summed E-state index contributed by atoms with van der Waals surface area (Å²) in [6, 6.07) is 6.20. The zero-order chi connectivity index (χ0) is 12.4. The smallest absolute Gasteiger partial charge is 0.252 e. The van der Waals surface area contributed by atoms with Gasteiger partial charge in [-0.1, -0.05) is 12.1 Å². The summed E-state index contributed by atoms with van der Waals surface area (Å²) < 4.78 is 12.8. The summed E-state index contributed by atoms with van der Waals surface area (Å²) in [7, 11) is 0. The highest BCUT2D eigenvalue weighted by atomic mass is 19.1. The predicted molar refractivity (Wildman–Crippen MR) is 62.7 cm³/mol.